The Labute approximate surface area is 143 Å². The first-order chi connectivity index (χ1) is 11.6. The predicted molar refractivity (Wildman–Crippen MR) is 92.0 cm³/mol. The van der Waals surface area contributed by atoms with Crippen molar-refractivity contribution in [2.24, 2.45) is 5.92 Å². The number of hydrogen-bond donors (Lipinski definition) is 0. The quantitative estimate of drug-likeness (QED) is 0.855. The van der Waals surface area contributed by atoms with E-state index in [0.29, 0.717) is 19.1 Å². The van der Waals surface area contributed by atoms with E-state index in [2.05, 4.69) is 18.4 Å². The minimum Gasteiger partial charge on any atom is -0.345 e. The van der Waals surface area contributed by atoms with Crippen LogP contribution in [0.25, 0.3) is 0 Å². The summed E-state index contributed by atoms with van der Waals surface area (Å²) >= 11 is 0. The fourth-order valence-electron chi connectivity index (χ4n) is 4.40. The standard InChI is InChI=1S/C19H27N3O2/c1-13-11-17(14(2)22(13)16-5-6-16)19(24)21-10-7-15(12-21)18(23)20-8-3-4-9-20/h11,15-16H,3-10,12H2,1-2H3. The Hall–Kier alpha value is -1.78. The second-order valence-corrected chi connectivity index (χ2v) is 7.66. The number of likely N-dealkylation sites (tertiary alicyclic amines) is 2. The lowest BCUT2D eigenvalue weighted by Crippen LogP contribution is -2.36. The highest BCUT2D eigenvalue weighted by Crippen LogP contribution is 2.38. The Morgan fingerprint density at radius 2 is 1.71 bits per heavy atom. The van der Waals surface area contributed by atoms with Gasteiger partial charge in [-0.05, 0) is 52.0 Å². The molecule has 2 amide bonds. The zero-order chi connectivity index (χ0) is 16.8. The molecule has 2 aliphatic heterocycles. The third-order valence-electron chi connectivity index (χ3n) is 5.87. The highest BCUT2D eigenvalue weighted by atomic mass is 16.2. The lowest BCUT2D eigenvalue weighted by molar-refractivity contribution is -0.133. The lowest BCUT2D eigenvalue weighted by atomic mass is 10.1. The van der Waals surface area contributed by atoms with E-state index in [9.17, 15) is 9.59 Å². The summed E-state index contributed by atoms with van der Waals surface area (Å²) in [5.41, 5.74) is 3.10. The lowest BCUT2D eigenvalue weighted by Gasteiger charge is -2.20. The molecule has 5 heteroatoms. The van der Waals surface area contributed by atoms with Crippen LogP contribution in [-0.2, 0) is 4.79 Å². The van der Waals surface area contributed by atoms with Crippen molar-refractivity contribution in [3.63, 3.8) is 0 Å². The molecule has 4 rings (SSSR count). The number of carbonyl (C=O) groups is 2. The molecule has 0 aromatic carbocycles. The molecule has 2 saturated heterocycles. The normalized spacial score (nSPS) is 24.0. The van der Waals surface area contributed by atoms with Gasteiger partial charge in [0.2, 0.25) is 5.91 Å². The van der Waals surface area contributed by atoms with Crippen LogP contribution in [0, 0.1) is 19.8 Å². The van der Waals surface area contributed by atoms with Crippen LogP contribution < -0.4 is 0 Å². The van der Waals surface area contributed by atoms with Gasteiger partial charge in [-0.3, -0.25) is 9.59 Å². The molecule has 130 valence electrons. The summed E-state index contributed by atoms with van der Waals surface area (Å²) in [5.74, 6) is 0.358. The molecule has 3 aliphatic rings. The van der Waals surface area contributed by atoms with Gasteiger partial charge in [-0.15, -0.1) is 0 Å². The molecule has 1 aliphatic carbocycles. The average Bonchev–Trinajstić information content (AvgIpc) is 3.02. The fraction of sp³-hybridized carbons (Fsp3) is 0.684. The third-order valence-corrected chi connectivity index (χ3v) is 5.87. The van der Waals surface area contributed by atoms with Crippen LogP contribution in [0.15, 0.2) is 6.07 Å². The van der Waals surface area contributed by atoms with Gasteiger partial charge in [0.15, 0.2) is 0 Å². The van der Waals surface area contributed by atoms with Gasteiger partial charge in [0.05, 0.1) is 11.5 Å². The number of rotatable bonds is 3. The van der Waals surface area contributed by atoms with Gasteiger partial charge in [-0.2, -0.15) is 0 Å². The van der Waals surface area contributed by atoms with Gasteiger partial charge in [-0.25, -0.2) is 0 Å². The van der Waals surface area contributed by atoms with Crippen molar-refractivity contribution in [3.8, 4) is 0 Å². The SMILES string of the molecule is Cc1cc(C(=O)N2CCC(C(=O)N3CCCC3)C2)c(C)n1C1CC1. The summed E-state index contributed by atoms with van der Waals surface area (Å²) in [5, 5.41) is 0. The second-order valence-electron chi connectivity index (χ2n) is 7.66. The van der Waals surface area contributed by atoms with E-state index in [1.165, 1.54) is 18.5 Å². The minimum atomic E-state index is -0.000953. The summed E-state index contributed by atoms with van der Waals surface area (Å²) in [6, 6.07) is 2.63. The predicted octanol–water partition coefficient (Wildman–Crippen LogP) is 2.52. The Balaban J connectivity index is 1.46. The summed E-state index contributed by atoms with van der Waals surface area (Å²) in [7, 11) is 0. The topological polar surface area (TPSA) is 45.6 Å². The molecular weight excluding hydrogens is 302 g/mol. The van der Waals surface area contributed by atoms with Gasteiger partial charge in [-0.1, -0.05) is 0 Å². The third kappa shape index (κ3) is 2.64. The minimum absolute atomic E-state index is 0.000953. The van der Waals surface area contributed by atoms with Crippen LogP contribution in [-0.4, -0.2) is 52.4 Å². The number of nitrogens with zero attached hydrogens (tertiary/aromatic N) is 3. The van der Waals surface area contributed by atoms with Gasteiger partial charge in [0.25, 0.3) is 5.91 Å². The van der Waals surface area contributed by atoms with Gasteiger partial charge in [0.1, 0.15) is 0 Å². The zero-order valence-electron chi connectivity index (χ0n) is 14.8. The van der Waals surface area contributed by atoms with Crippen molar-refractivity contribution in [3.05, 3.63) is 23.0 Å². The summed E-state index contributed by atoms with van der Waals surface area (Å²) < 4.78 is 2.32. The van der Waals surface area contributed by atoms with Crippen LogP contribution in [0.5, 0.6) is 0 Å². The molecule has 0 N–H and O–H groups in total. The largest absolute Gasteiger partial charge is 0.345 e. The molecule has 3 fully saturated rings. The van der Waals surface area contributed by atoms with E-state index in [0.717, 1.165) is 43.6 Å². The average molecular weight is 329 g/mol. The molecule has 5 nitrogen and oxygen atoms in total. The number of aryl methyl sites for hydroxylation is 1. The maximum atomic E-state index is 13.0. The monoisotopic (exact) mass is 329 g/mol. The van der Waals surface area contributed by atoms with Crippen molar-refractivity contribution >= 4 is 11.8 Å². The van der Waals surface area contributed by atoms with Crippen LogP contribution >= 0.6 is 0 Å². The Bertz CT molecular complexity index is 668. The van der Waals surface area contributed by atoms with Crippen molar-refractivity contribution in [2.45, 2.75) is 52.0 Å². The molecule has 0 spiro atoms. The molecule has 1 atom stereocenters. The maximum absolute atomic E-state index is 13.0. The number of hydrogen-bond acceptors (Lipinski definition) is 2. The van der Waals surface area contributed by atoms with Crippen LogP contribution in [0.4, 0.5) is 0 Å². The van der Waals surface area contributed by atoms with Crippen molar-refractivity contribution < 1.29 is 9.59 Å². The molecule has 3 heterocycles. The highest BCUT2D eigenvalue weighted by molar-refractivity contribution is 5.96. The van der Waals surface area contributed by atoms with Crippen LogP contribution in [0.3, 0.4) is 0 Å². The molecule has 24 heavy (non-hydrogen) atoms. The Morgan fingerprint density at radius 1 is 1.00 bits per heavy atom. The van der Waals surface area contributed by atoms with Crippen molar-refractivity contribution in [1.29, 1.82) is 0 Å². The van der Waals surface area contributed by atoms with Crippen molar-refractivity contribution in [2.75, 3.05) is 26.2 Å². The Kier molecular flexibility index (Phi) is 3.89. The van der Waals surface area contributed by atoms with Gasteiger partial charge in [0, 0.05) is 43.6 Å². The molecule has 1 saturated carbocycles. The van der Waals surface area contributed by atoms with Gasteiger partial charge >= 0.3 is 0 Å². The number of aromatic nitrogens is 1. The molecule has 0 radical (unpaired) electrons. The Morgan fingerprint density at radius 3 is 2.38 bits per heavy atom. The molecule has 1 aromatic rings. The first-order valence-electron chi connectivity index (χ1n) is 9.32. The highest BCUT2D eigenvalue weighted by Gasteiger charge is 2.36. The molecule has 0 bridgehead atoms. The first-order valence-corrected chi connectivity index (χ1v) is 9.32. The van der Waals surface area contributed by atoms with Crippen LogP contribution in [0.1, 0.15) is 59.9 Å². The van der Waals surface area contributed by atoms with Crippen molar-refractivity contribution in [1.82, 2.24) is 14.4 Å². The van der Waals surface area contributed by atoms with E-state index < -0.39 is 0 Å². The second kappa shape index (κ2) is 5.94. The summed E-state index contributed by atoms with van der Waals surface area (Å²) in [6.07, 6.45) is 5.49. The fourth-order valence-corrected chi connectivity index (χ4v) is 4.40. The number of amides is 2. The van der Waals surface area contributed by atoms with E-state index in [1.54, 1.807) is 0 Å². The van der Waals surface area contributed by atoms with E-state index in [1.807, 2.05) is 15.9 Å². The first kappa shape index (κ1) is 15.7. The summed E-state index contributed by atoms with van der Waals surface area (Å²) in [4.78, 5) is 29.4. The smallest absolute Gasteiger partial charge is 0.255 e. The molecule has 1 unspecified atom stereocenters. The van der Waals surface area contributed by atoms with E-state index >= 15 is 0 Å². The summed E-state index contributed by atoms with van der Waals surface area (Å²) in [6.45, 7) is 7.22. The van der Waals surface area contributed by atoms with E-state index in [-0.39, 0.29) is 17.7 Å². The molecular formula is C19H27N3O2. The van der Waals surface area contributed by atoms with Gasteiger partial charge < -0.3 is 14.4 Å². The molecule has 1 aromatic heterocycles. The zero-order valence-corrected chi connectivity index (χ0v) is 14.8. The number of carbonyl (C=O) groups excluding carboxylic acids is 2. The maximum Gasteiger partial charge on any atom is 0.255 e. The van der Waals surface area contributed by atoms with Crippen LogP contribution in [0.2, 0.25) is 0 Å². The van der Waals surface area contributed by atoms with E-state index in [4.69, 9.17) is 0 Å².